The summed E-state index contributed by atoms with van der Waals surface area (Å²) in [5, 5.41) is 3.97. The molecule has 0 atom stereocenters. The van der Waals surface area contributed by atoms with Crippen LogP contribution in [0.3, 0.4) is 0 Å². The van der Waals surface area contributed by atoms with Crippen LogP contribution in [-0.2, 0) is 11.3 Å². The summed E-state index contributed by atoms with van der Waals surface area (Å²) in [6, 6.07) is 1.34. The molecule has 0 saturated heterocycles. The van der Waals surface area contributed by atoms with Gasteiger partial charge in [-0.15, -0.1) is 0 Å². The Morgan fingerprint density at radius 1 is 1.56 bits per heavy atom. The van der Waals surface area contributed by atoms with Gasteiger partial charge in [-0.3, -0.25) is 9.67 Å². The first-order chi connectivity index (χ1) is 8.60. The normalized spacial score (nSPS) is 10.3. The number of carbonyl (C=O) groups excluding carboxylic acids is 1. The average molecular weight is 250 g/mol. The summed E-state index contributed by atoms with van der Waals surface area (Å²) in [6.45, 7) is 0.270. The Hall–Kier alpha value is -2.44. The third-order valence-corrected chi connectivity index (χ3v) is 2.27. The van der Waals surface area contributed by atoms with Gasteiger partial charge in [-0.25, -0.2) is 9.18 Å². The first-order valence-corrected chi connectivity index (χ1v) is 5.11. The zero-order valence-corrected chi connectivity index (χ0v) is 9.63. The maximum absolute atomic E-state index is 12.9. The Balaban J connectivity index is 2.23. The van der Waals surface area contributed by atoms with Crippen molar-refractivity contribution in [2.45, 2.75) is 6.54 Å². The second-order valence-corrected chi connectivity index (χ2v) is 3.63. The number of esters is 1. The Kier molecular flexibility index (Phi) is 3.22. The van der Waals surface area contributed by atoms with Gasteiger partial charge in [0.05, 0.1) is 25.5 Å². The predicted molar refractivity (Wildman–Crippen MR) is 61.3 cm³/mol. The molecule has 0 unspecified atom stereocenters. The molecule has 0 aliphatic carbocycles. The van der Waals surface area contributed by atoms with E-state index < -0.39 is 11.8 Å². The largest absolute Gasteiger partial charge is 0.464 e. The highest BCUT2D eigenvalue weighted by Gasteiger charge is 2.15. The molecular weight excluding hydrogens is 239 g/mol. The van der Waals surface area contributed by atoms with E-state index in [4.69, 9.17) is 5.73 Å². The Morgan fingerprint density at radius 2 is 2.33 bits per heavy atom. The lowest BCUT2D eigenvalue weighted by molar-refractivity contribution is 0.0594. The van der Waals surface area contributed by atoms with Crippen molar-refractivity contribution in [3.05, 3.63) is 41.7 Å². The molecule has 0 aliphatic rings. The van der Waals surface area contributed by atoms with Crippen molar-refractivity contribution in [1.29, 1.82) is 0 Å². The van der Waals surface area contributed by atoms with E-state index in [1.165, 1.54) is 30.3 Å². The highest BCUT2D eigenvalue weighted by atomic mass is 19.1. The number of anilines is 1. The lowest BCUT2D eigenvalue weighted by atomic mass is 10.3. The third-order valence-electron chi connectivity index (χ3n) is 2.27. The van der Waals surface area contributed by atoms with E-state index in [0.29, 0.717) is 5.56 Å². The Morgan fingerprint density at radius 3 is 3.00 bits per heavy atom. The number of aromatic nitrogens is 3. The summed E-state index contributed by atoms with van der Waals surface area (Å²) in [7, 11) is 1.25. The first kappa shape index (κ1) is 12.0. The fraction of sp³-hybridized carbons (Fsp3) is 0.182. The fourth-order valence-corrected chi connectivity index (χ4v) is 1.50. The molecule has 2 heterocycles. The standard InChI is InChI=1S/C11H11FN4O2/c1-18-11(17)10-9(13)6-16(15-10)5-7-2-8(12)4-14-3-7/h2-4,6H,5,13H2,1H3. The quantitative estimate of drug-likeness (QED) is 0.816. The van der Waals surface area contributed by atoms with Crippen molar-refractivity contribution in [3.63, 3.8) is 0 Å². The van der Waals surface area contributed by atoms with Crippen LogP contribution >= 0.6 is 0 Å². The smallest absolute Gasteiger partial charge is 0.360 e. The number of hydrogen-bond donors (Lipinski definition) is 1. The van der Waals surface area contributed by atoms with Crippen LogP contribution < -0.4 is 5.73 Å². The van der Waals surface area contributed by atoms with Crippen LogP contribution in [0.4, 0.5) is 10.1 Å². The number of nitrogens with two attached hydrogens (primary N) is 1. The highest BCUT2D eigenvalue weighted by Crippen LogP contribution is 2.12. The Labute approximate surface area is 102 Å². The van der Waals surface area contributed by atoms with E-state index in [1.807, 2.05) is 0 Å². The van der Waals surface area contributed by atoms with Gasteiger partial charge < -0.3 is 10.5 Å². The zero-order chi connectivity index (χ0) is 13.1. The van der Waals surface area contributed by atoms with E-state index in [9.17, 15) is 9.18 Å². The topological polar surface area (TPSA) is 83.0 Å². The van der Waals surface area contributed by atoms with Gasteiger partial charge >= 0.3 is 5.97 Å². The average Bonchev–Trinajstić information content (AvgIpc) is 2.69. The molecule has 0 aliphatic heterocycles. The number of pyridine rings is 1. The van der Waals surface area contributed by atoms with Gasteiger partial charge in [-0.2, -0.15) is 5.10 Å². The minimum Gasteiger partial charge on any atom is -0.464 e. The van der Waals surface area contributed by atoms with Crippen molar-refractivity contribution in [1.82, 2.24) is 14.8 Å². The van der Waals surface area contributed by atoms with Gasteiger partial charge in [0.1, 0.15) is 5.82 Å². The van der Waals surface area contributed by atoms with Crippen molar-refractivity contribution >= 4 is 11.7 Å². The molecule has 0 saturated carbocycles. The number of nitrogens with zero attached hydrogens (tertiary/aromatic N) is 3. The molecule has 2 aromatic heterocycles. The molecule has 2 N–H and O–H groups in total. The van der Waals surface area contributed by atoms with Crippen LogP contribution in [0.25, 0.3) is 0 Å². The van der Waals surface area contributed by atoms with Gasteiger partial charge in [0.25, 0.3) is 0 Å². The van der Waals surface area contributed by atoms with Crippen LogP contribution in [0.5, 0.6) is 0 Å². The third kappa shape index (κ3) is 2.45. The van der Waals surface area contributed by atoms with Gasteiger partial charge in [-0.1, -0.05) is 0 Å². The van der Waals surface area contributed by atoms with Crippen molar-refractivity contribution in [2.24, 2.45) is 0 Å². The van der Waals surface area contributed by atoms with Gasteiger partial charge in [0.2, 0.25) is 0 Å². The maximum Gasteiger partial charge on any atom is 0.360 e. The lowest BCUT2D eigenvalue weighted by Crippen LogP contribution is -2.07. The summed E-state index contributed by atoms with van der Waals surface area (Å²) < 4.78 is 18.9. The number of methoxy groups -OCH3 is 1. The van der Waals surface area contributed by atoms with Crippen molar-refractivity contribution in [2.75, 3.05) is 12.8 Å². The molecule has 2 aromatic rings. The van der Waals surface area contributed by atoms with Crippen LogP contribution in [0.1, 0.15) is 16.1 Å². The van der Waals surface area contributed by atoms with E-state index in [1.54, 1.807) is 0 Å². The molecule has 18 heavy (non-hydrogen) atoms. The number of ether oxygens (including phenoxy) is 1. The summed E-state index contributed by atoms with van der Waals surface area (Å²) >= 11 is 0. The van der Waals surface area contributed by atoms with E-state index in [-0.39, 0.29) is 17.9 Å². The van der Waals surface area contributed by atoms with Crippen LogP contribution in [0.15, 0.2) is 24.7 Å². The van der Waals surface area contributed by atoms with Gasteiger partial charge in [0.15, 0.2) is 5.69 Å². The summed E-state index contributed by atoms with van der Waals surface area (Å²) in [5.41, 5.74) is 6.50. The molecule has 0 aromatic carbocycles. The lowest BCUT2D eigenvalue weighted by Gasteiger charge is -2.00. The second-order valence-electron chi connectivity index (χ2n) is 3.63. The Bertz CT molecular complexity index is 582. The van der Waals surface area contributed by atoms with E-state index in [0.717, 1.165) is 6.20 Å². The van der Waals surface area contributed by atoms with Crippen LogP contribution in [0.2, 0.25) is 0 Å². The summed E-state index contributed by atoms with van der Waals surface area (Å²) in [6.07, 6.45) is 4.11. The van der Waals surface area contributed by atoms with Gasteiger partial charge in [0, 0.05) is 12.4 Å². The second kappa shape index (κ2) is 4.82. The van der Waals surface area contributed by atoms with E-state index in [2.05, 4.69) is 14.8 Å². The number of halogens is 1. The van der Waals surface area contributed by atoms with E-state index >= 15 is 0 Å². The number of rotatable bonds is 3. The molecule has 0 bridgehead atoms. The maximum atomic E-state index is 12.9. The van der Waals surface area contributed by atoms with Gasteiger partial charge in [-0.05, 0) is 11.6 Å². The van der Waals surface area contributed by atoms with Crippen molar-refractivity contribution < 1.29 is 13.9 Å². The summed E-state index contributed by atoms with van der Waals surface area (Å²) in [5.74, 6) is -1.04. The molecule has 7 heteroatoms. The molecule has 0 spiro atoms. The number of nitrogen functional groups attached to an aromatic ring is 1. The number of hydrogen-bond acceptors (Lipinski definition) is 5. The number of carbonyl (C=O) groups is 1. The zero-order valence-electron chi connectivity index (χ0n) is 9.63. The minimum atomic E-state index is -0.608. The molecular formula is C11H11FN4O2. The monoisotopic (exact) mass is 250 g/mol. The molecule has 0 radical (unpaired) electrons. The molecule has 0 fully saturated rings. The van der Waals surface area contributed by atoms with Crippen LogP contribution in [0, 0.1) is 5.82 Å². The van der Waals surface area contributed by atoms with Crippen LogP contribution in [-0.4, -0.2) is 27.8 Å². The highest BCUT2D eigenvalue weighted by molar-refractivity contribution is 5.92. The summed E-state index contributed by atoms with van der Waals surface area (Å²) in [4.78, 5) is 15.0. The SMILES string of the molecule is COC(=O)c1nn(Cc2cncc(F)c2)cc1N. The fourth-order valence-electron chi connectivity index (χ4n) is 1.50. The molecule has 0 amide bonds. The molecule has 94 valence electrons. The minimum absolute atomic E-state index is 0.0434. The van der Waals surface area contributed by atoms with Crippen molar-refractivity contribution in [3.8, 4) is 0 Å². The molecule has 6 nitrogen and oxygen atoms in total. The molecule has 2 rings (SSSR count). The first-order valence-electron chi connectivity index (χ1n) is 5.11. The predicted octanol–water partition coefficient (Wildman–Crippen LogP) is 0.834.